The molecule has 2 fully saturated rings. The number of benzene rings is 1. The zero-order chi connectivity index (χ0) is 22.7. The Labute approximate surface area is 189 Å². The van der Waals surface area contributed by atoms with Crippen molar-refractivity contribution in [2.75, 3.05) is 26.2 Å². The van der Waals surface area contributed by atoms with E-state index in [-0.39, 0.29) is 30.0 Å². The molecule has 1 atom stereocenters. The van der Waals surface area contributed by atoms with Crippen molar-refractivity contribution in [1.29, 1.82) is 0 Å². The van der Waals surface area contributed by atoms with Gasteiger partial charge in [-0.3, -0.25) is 9.59 Å². The molecule has 2 aromatic rings. The van der Waals surface area contributed by atoms with Gasteiger partial charge in [-0.05, 0) is 63.5 Å². The maximum Gasteiger partial charge on any atom is 0.276 e. The van der Waals surface area contributed by atoms with Crippen LogP contribution in [-0.2, 0) is 9.53 Å². The zero-order valence-corrected chi connectivity index (χ0v) is 19.3. The molecule has 2 aliphatic rings. The molecule has 0 spiro atoms. The smallest absolute Gasteiger partial charge is 0.276 e. The topological polar surface area (TPSA) is 84.7 Å². The average Bonchev–Trinajstić information content (AvgIpc) is 3.20. The van der Waals surface area contributed by atoms with Crippen molar-refractivity contribution in [3.8, 4) is 11.3 Å². The third kappa shape index (κ3) is 5.57. The van der Waals surface area contributed by atoms with E-state index in [9.17, 15) is 9.59 Å². The van der Waals surface area contributed by atoms with Crippen LogP contribution in [0.2, 0.25) is 0 Å². The molecule has 0 radical (unpaired) electrons. The number of hydrogen-bond acceptors (Lipinski definition) is 5. The summed E-state index contributed by atoms with van der Waals surface area (Å²) in [7, 11) is 0. The normalized spacial score (nSPS) is 18.0. The summed E-state index contributed by atoms with van der Waals surface area (Å²) < 4.78 is 11.3. The quantitative estimate of drug-likeness (QED) is 0.642. The van der Waals surface area contributed by atoms with Crippen LogP contribution in [0.3, 0.4) is 0 Å². The highest BCUT2D eigenvalue weighted by Gasteiger charge is 2.27. The van der Waals surface area contributed by atoms with Gasteiger partial charge in [0, 0.05) is 44.3 Å². The lowest BCUT2D eigenvalue weighted by Gasteiger charge is -2.24. The Kier molecular flexibility index (Phi) is 6.94. The maximum absolute atomic E-state index is 13.3. The van der Waals surface area contributed by atoms with E-state index >= 15 is 0 Å². The first-order valence-corrected chi connectivity index (χ1v) is 11.6. The molecule has 1 N–H and O–H groups in total. The fourth-order valence-corrected chi connectivity index (χ4v) is 4.44. The van der Waals surface area contributed by atoms with Gasteiger partial charge in [-0.25, -0.2) is 0 Å². The van der Waals surface area contributed by atoms with Gasteiger partial charge in [0.15, 0.2) is 11.5 Å². The number of hydrogen-bond donors (Lipinski definition) is 1. The molecular weight excluding hydrogens is 406 g/mol. The van der Waals surface area contributed by atoms with Crippen LogP contribution in [0.4, 0.5) is 0 Å². The molecule has 7 heteroatoms. The van der Waals surface area contributed by atoms with Gasteiger partial charge in [-0.1, -0.05) is 22.9 Å². The van der Waals surface area contributed by atoms with E-state index in [0.717, 1.165) is 36.1 Å². The highest BCUT2D eigenvalue weighted by Crippen LogP contribution is 2.29. The maximum atomic E-state index is 13.3. The Hall–Kier alpha value is -2.67. The number of carbonyl (C=O) groups is 2. The van der Waals surface area contributed by atoms with Gasteiger partial charge in [0.2, 0.25) is 5.91 Å². The van der Waals surface area contributed by atoms with E-state index in [2.05, 4.69) is 29.5 Å². The molecule has 7 nitrogen and oxygen atoms in total. The summed E-state index contributed by atoms with van der Waals surface area (Å²) in [6.07, 6.45) is 4.57. The number of nitrogens with zero attached hydrogens (tertiary/aromatic N) is 2. The van der Waals surface area contributed by atoms with E-state index in [1.165, 1.54) is 18.4 Å². The molecule has 0 bridgehead atoms. The van der Waals surface area contributed by atoms with Crippen molar-refractivity contribution >= 4 is 11.8 Å². The van der Waals surface area contributed by atoms with Crippen molar-refractivity contribution in [2.45, 2.75) is 59.0 Å². The number of aryl methyl sites for hydroxylation is 3. The van der Waals surface area contributed by atoms with Crippen LogP contribution >= 0.6 is 0 Å². The minimum atomic E-state index is -0.229. The third-order valence-corrected chi connectivity index (χ3v) is 6.28. The second kappa shape index (κ2) is 9.86. The molecule has 1 saturated heterocycles. The molecule has 1 aliphatic heterocycles. The zero-order valence-electron chi connectivity index (χ0n) is 19.3. The fraction of sp³-hybridized carbons (Fsp3) is 0.560. The SMILES string of the molecule is Cc1cc(C)c(-c2cc(C(=O)N(CCC(=O)NCC3CC3)C[C@H]3CCCO3)no2)c(C)c1. The molecule has 4 rings (SSSR count). The van der Waals surface area contributed by atoms with Crippen molar-refractivity contribution in [2.24, 2.45) is 5.92 Å². The first-order chi connectivity index (χ1) is 15.4. The predicted octanol–water partition coefficient (Wildman–Crippen LogP) is 3.80. The van der Waals surface area contributed by atoms with E-state index < -0.39 is 0 Å². The number of nitrogens with one attached hydrogen (secondary N) is 1. The largest absolute Gasteiger partial charge is 0.376 e. The number of carbonyl (C=O) groups excluding carboxylic acids is 2. The van der Waals surface area contributed by atoms with Crippen molar-refractivity contribution < 1.29 is 18.8 Å². The van der Waals surface area contributed by atoms with E-state index in [1.54, 1.807) is 11.0 Å². The van der Waals surface area contributed by atoms with Crippen LogP contribution < -0.4 is 5.32 Å². The summed E-state index contributed by atoms with van der Waals surface area (Å²) in [6.45, 7) is 8.37. The van der Waals surface area contributed by atoms with Crippen LogP contribution in [0.1, 0.15) is 59.3 Å². The predicted molar refractivity (Wildman–Crippen MR) is 121 cm³/mol. The number of rotatable bonds is 9. The lowest BCUT2D eigenvalue weighted by molar-refractivity contribution is -0.121. The Morgan fingerprint density at radius 2 is 1.88 bits per heavy atom. The van der Waals surface area contributed by atoms with Crippen LogP contribution in [0.25, 0.3) is 11.3 Å². The van der Waals surface area contributed by atoms with Crippen LogP contribution in [0, 0.1) is 26.7 Å². The molecule has 1 aliphatic carbocycles. The Bertz CT molecular complexity index is 950. The number of ether oxygens (including phenoxy) is 1. The summed E-state index contributed by atoms with van der Waals surface area (Å²) in [5.74, 6) is 0.968. The van der Waals surface area contributed by atoms with Crippen LogP contribution in [0.5, 0.6) is 0 Å². The number of aromatic nitrogens is 1. The van der Waals surface area contributed by atoms with E-state index in [4.69, 9.17) is 9.26 Å². The Morgan fingerprint density at radius 1 is 1.12 bits per heavy atom. The summed E-state index contributed by atoms with van der Waals surface area (Å²) in [5, 5.41) is 7.05. The molecular formula is C25H33N3O4. The van der Waals surface area contributed by atoms with Gasteiger partial charge in [-0.15, -0.1) is 0 Å². The summed E-state index contributed by atoms with van der Waals surface area (Å²) in [5.41, 5.74) is 4.58. The monoisotopic (exact) mass is 439 g/mol. The van der Waals surface area contributed by atoms with Crippen LogP contribution in [-0.4, -0.2) is 54.2 Å². The lowest BCUT2D eigenvalue weighted by Crippen LogP contribution is -2.40. The van der Waals surface area contributed by atoms with Gasteiger partial charge in [0.1, 0.15) is 0 Å². The highest BCUT2D eigenvalue weighted by atomic mass is 16.5. The van der Waals surface area contributed by atoms with Crippen LogP contribution in [0.15, 0.2) is 22.7 Å². The van der Waals surface area contributed by atoms with Crippen molar-refractivity contribution in [1.82, 2.24) is 15.4 Å². The standard InChI is InChI=1S/C25H33N3O4/c1-16-11-17(2)24(18(3)12-16)22-13-21(27-32-22)25(30)28(15-20-5-4-10-31-20)9-8-23(29)26-14-19-6-7-19/h11-13,19-20H,4-10,14-15H2,1-3H3,(H,26,29)/t20-/m1/s1. The van der Waals surface area contributed by atoms with E-state index in [1.807, 2.05) is 13.8 Å². The Morgan fingerprint density at radius 3 is 2.53 bits per heavy atom. The molecule has 1 saturated carbocycles. The van der Waals surface area contributed by atoms with Crippen molar-refractivity contribution in [3.05, 3.63) is 40.6 Å². The van der Waals surface area contributed by atoms with Gasteiger partial charge < -0.3 is 19.5 Å². The molecule has 32 heavy (non-hydrogen) atoms. The molecule has 1 aromatic heterocycles. The second-order valence-electron chi connectivity index (χ2n) is 9.23. The summed E-state index contributed by atoms with van der Waals surface area (Å²) in [4.78, 5) is 27.2. The van der Waals surface area contributed by atoms with E-state index in [0.29, 0.717) is 31.4 Å². The molecule has 0 unspecified atom stereocenters. The molecule has 2 amide bonds. The minimum Gasteiger partial charge on any atom is -0.376 e. The van der Waals surface area contributed by atoms with Gasteiger partial charge >= 0.3 is 0 Å². The van der Waals surface area contributed by atoms with Gasteiger partial charge in [-0.2, -0.15) is 0 Å². The molecule has 1 aromatic carbocycles. The summed E-state index contributed by atoms with van der Waals surface area (Å²) in [6, 6.07) is 5.90. The van der Waals surface area contributed by atoms with Gasteiger partial charge in [0.05, 0.1) is 6.10 Å². The second-order valence-corrected chi connectivity index (χ2v) is 9.23. The molecule has 2 heterocycles. The number of amides is 2. The highest BCUT2D eigenvalue weighted by molar-refractivity contribution is 5.93. The first-order valence-electron chi connectivity index (χ1n) is 11.6. The molecule has 172 valence electrons. The third-order valence-electron chi connectivity index (χ3n) is 6.28. The Balaban J connectivity index is 1.46. The minimum absolute atomic E-state index is 0.00133. The van der Waals surface area contributed by atoms with Gasteiger partial charge in [0.25, 0.3) is 5.91 Å². The summed E-state index contributed by atoms with van der Waals surface area (Å²) >= 11 is 0. The fourth-order valence-electron chi connectivity index (χ4n) is 4.44. The average molecular weight is 440 g/mol. The van der Waals surface area contributed by atoms with Crippen molar-refractivity contribution in [3.63, 3.8) is 0 Å². The lowest BCUT2D eigenvalue weighted by atomic mass is 9.98. The first kappa shape index (κ1) is 22.5.